The molecule has 1 saturated heterocycles. The Bertz CT molecular complexity index is 359. The Kier molecular flexibility index (Phi) is 5.01. The van der Waals surface area contributed by atoms with E-state index in [9.17, 15) is 4.79 Å². The molecule has 118 valence electrons. The number of piperidine rings is 1. The number of halogens is 1. The zero-order valence-corrected chi connectivity index (χ0v) is 14.8. The van der Waals surface area contributed by atoms with Crippen LogP contribution in [0.3, 0.4) is 0 Å². The van der Waals surface area contributed by atoms with Gasteiger partial charge in [-0.25, -0.2) is 4.42 Å². The maximum atomic E-state index is 12.6. The molecule has 3 nitrogen and oxygen atoms in total. The second-order valence-corrected chi connectivity index (χ2v) is 8.54. The number of carbonyl (C=O) groups excluding carboxylic acids is 1. The minimum atomic E-state index is -0.395. The Morgan fingerprint density at radius 2 is 1.70 bits per heavy atom. The number of hydrogen-bond acceptors (Lipinski definition) is 3. The molecule has 1 unspecified atom stereocenters. The van der Waals surface area contributed by atoms with Gasteiger partial charge in [0.2, 0.25) is 0 Å². The van der Waals surface area contributed by atoms with Crippen LogP contribution in [0.15, 0.2) is 0 Å². The van der Waals surface area contributed by atoms with E-state index in [1.165, 1.54) is 0 Å². The van der Waals surface area contributed by atoms with E-state index >= 15 is 0 Å². The lowest BCUT2D eigenvalue weighted by atomic mass is 9.69. The predicted molar refractivity (Wildman–Crippen MR) is 85.6 cm³/mol. The first-order valence-corrected chi connectivity index (χ1v) is 7.95. The van der Waals surface area contributed by atoms with E-state index in [0.29, 0.717) is 0 Å². The summed E-state index contributed by atoms with van der Waals surface area (Å²) in [6.45, 7) is 14.5. The number of Topliss-reactive ketones (excluding diaryl/α,β-unsaturated/α-hetero) is 1. The normalized spacial score (nSPS) is 25.4. The topological polar surface area (TPSA) is 46.3 Å². The zero-order chi connectivity index (χ0) is 15.9. The van der Waals surface area contributed by atoms with Gasteiger partial charge in [0.05, 0.1) is 6.04 Å². The van der Waals surface area contributed by atoms with Crippen molar-refractivity contribution in [2.45, 2.75) is 84.8 Å². The van der Waals surface area contributed by atoms with Crippen molar-refractivity contribution < 1.29 is 4.79 Å². The van der Waals surface area contributed by atoms with Gasteiger partial charge in [-0.3, -0.25) is 4.79 Å². The van der Waals surface area contributed by atoms with Gasteiger partial charge in [-0.05, 0) is 64.7 Å². The third-order valence-electron chi connectivity index (χ3n) is 4.95. The summed E-state index contributed by atoms with van der Waals surface area (Å²) in [5, 5.41) is 0. The Hall–Kier alpha value is -0.120. The lowest BCUT2D eigenvalue weighted by molar-refractivity contribution is -0.131. The van der Waals surface area contributed by atoms with Crippen LogP contribution in [0.1, 0.15) is 67.7 Å². The smallest absolute Gasteiger partial charge is 0.155 e. The molecule has 0 spiro atoms. The molecule has 4 heteroatoms. The van der Waals surface area contributed by atoms with Crippen LogP contribution < -0.4 is 5.73 Å². The molecule has 0 amide bonds. The molecular formula is C16H31ClN2O. The monoisotopic (exact) mass is 302 g/mol. The van der Waals surface area contributed by atoms with Crippen LogP contribution in [0, 0.1) is 11.3 Å². The molecule has 0 aromatic rings. The Balaban J connectivity index is 2.95. The molecule has 2 N–H and O–H groups in total. The fourth-order valence-electron chi connectivity index (χ4n) is 3.43. The van der Waals surface area contributed by atoms with Crippen molar-refractivity contribution in [3.63, 3.8) is 0 Å². The van der Waals surface area contributed by atoms with Crippen molar-refractivity contribution in [1.29, 1.82) is 0 Å². The summed E-state index contributed by atoms with van der Waals surface area (Å²) in [6, 6.07) is -0.395. The summed E-state index contributed by atoms with van der Waals surface area (Å²) in [6.07, 6.45) is 2.53. The van der Waals surface area contributed by atoms with Crippen molar-refractivity contribution in [3.8, 4) is 0 Å². The molecule has 1 fully saturated rings. The van der Waals surface area contributed by atoms with Gasteiger partial charge in [0.15, 0.2) is 5.78 Å². The van der Waals surface area contributed by atoms with E-state index in [1.54, 1.807) is 0 Å². The highest BCUT2D eigenvalue weighted by Gasteiger charge is 2.48. The molecule has 1 atom stereocenters. The highest BCUT2D eigenvalue weighted by Crippen LogP contribution is 2.44. The molecule has 0 aromatic heterocycles. The summed E-state index contributed by atoms with van der Waals surface area (Å²) in [5.74, 6) is 0.368. The van der Waals surface area contributed by atoms with Gasteiger partial charge in [0, 0.05) is 16.5 Å². The minimum absolute atomic E-state index is 0.151. The largest absolute Gasteiger partial charge is 0.321 e. The van der Waals surface area contributed by atoms with E-state index in [-0.39, 0.29) is 28.2 Å². The van der Waals surface area contributed by atoms with Gasteiger partial charge < -0.3 is 5.73 Å². The summed E-state index contributed by atoms with van der Waals surface area (Å²) < 4.78 is 1.90. The molecule has 0 radical (unpaired) electrons. The van der Waals surface area contributed by atoms with E-state index in [4.69, 9.17) is 17.5 Å². The van der Waals surface area contributed by atoms with E-state index in [1.807, 2.05) is 25.2 Å². The third-order valence-corrected chi connectivity index (χ3v) is 5.86. The average Bonchev–Trinajstić information content (AvgIpc) is 2.33. The zero-order valence-electron chi connectivity index (χ0n) is 14.1. The average molecular weight is 303 g/mol. The van der Waals surface area contributed by atoms with Crippen LogP contribution in [-0.2, 0) is 4.79 Å². The Morgan fingerprint density at radius 1 is 1.30 bits per heavy atom. The van der Waals surface area contributed by atoms with Crippen molar-refractivity contribution in [3.05, 3.63) is 0 Å². The first-order chi connectivity index (χ1) is 8.85. The second-order valence-electron chi connectivity index (χ2n) is 8.20. The van der Waals surface area contributed by atoms with Gasteiger partial charge in [-0.15, -0.1) is 0 Å². The maximum absolute atomic E-state index is 12.6. The number of nitrogens with zero attached hydrogens (tertiary/aromatic N) is 1. The Labute approximate surface area is 129 Å². The maximum Gasteiger partial charge on any atom is 0.155 e. The molecule has 1 aliphatic rings. The summed E-state index contributed by atoms with van der Waals surface area (Å²) in [4.78, 5) is 12.6. The van der Waals surface area contributed by atoms with Gasteiger partial charge in [0.1, 0.15) is 0 Å². The fraction of sp³-hybridized carbons (Fsp3) is 0.938. The number of carbonyl (C=O) groups is 1. The summed E-state index contributed by atoms with van der Waals surface area (Å²) >= 11 is 6.47. The molecule has 0 aromatic carbocycles. The standard InChI is InChI=1S/C16H31ClN2O/c1-8-14(2,3)13(20)12(18)11-9-15(4,5)19(17)16(6,7)10-11/h11-12H,8-10,18H2,1-7H3. The molecular weight excluding hydrogens is 272 g/mol. The molecule has 1 aliphatic heterocycles. The number of nitrogens with two attached hydrogens (primary N) is 1. The van der Waals surface area contributed by atoms with Crippen molar-refractivity contribution in [1.82, 2.24) is 4.42 Å². The minimum Gasteiger partial charge on any atom is -0.321 e. The lowest BCUT2D eigenvalue weighted by Crippen LogP contribution is -2.60. The van der Waals surface area contributed by atoms with Crippen molar-refractivity contribution in [2.75, 3.05) is 0 Å². The first kappa shape index (κ1) is 17.9. The fourth-order valence-corrected chi connectivity index (χ4v) is 3.57. The van der Waals surface area contributed by atoms with E-state index < -0.39 is 6.04 Å². The van der Waals surface area contributed by atoms with Crippen LogP contribution in [0.4, 0.5) is 0 Å². The highest BCUT2D eigenvalue weighted by atomic mass is 35.5. The van der Waals surface area contributed by atoms with Crippen LogP contribution in [0.2, 0.25) is 0 Å². The third kappa shape index (κ3) is 3.37. The molecule has 0 bridgehead atoms. The molecule has 0 saturated carbocycles. The van der Waals surface area contributed by atoms with Crippen LogP contribution in [0.25, 0.3) is 0 Å². The number of hydrogen-bond donors (Lipinski definition) is 1. The number of ketones is 1. The SMILES string of the molecule is CCC(C)(C)C(=O)C(N)C1CC(C)(C)N(Cl)C(C)(C)C1. The van der Waals surface area contributed by atoms with Gasteiger partial charge >= 0.3 is 0 Å². The molecule has 1 rings (SSSR count). The van der Waals surface area contributed by atoms with Crippen LogP contribution >= 0.6 is 11.8 Å². The van der Waals surface area contributed by atoms with Crippen molar-refractivity contribution in [2.24, 2.45) is 17.1 Å². The second kappa shape index (κ2) is 5.58. The first-order valence-electron chi connectivity index (χ1n) is 7.61. The van der Waals surface area contributed by atoms with Gasteiger partial charge in [0.25, 0.3) is 0 Å². The van der Waals surface area contributed by atoms with Crippen molar-refractivity contribution >= 4 is 17.6 Å². The van der Waals surface area contributed by atoms with E-state index in [2.05, 4.69) is 27.7 Å². The molecule has 1 heterocycles. The quantitative estimate of drug-likeness (QED) is 0.805. The summed E-state index contributed by atoms with van der Waals surface area (Å²) in [7, 11) is 0. The highest BCUT2D eigenvalue weighted by molar-refractivity contribution is 6.14. The van der Waals surface area contributed by atoms with Gasteiger partial charge in [-0.2, -0.15) is 0 Å². The Morgan fingerprint density at radius 3 is 2.05 bits per heavy atom. The summed E-state index contributed by atoms with van der Waals surface area (Å²) in [5.41, 5.74) is 5.69. The van der Waals surface area contributed by atoms with Gasteiger partial charge in [-0.1, -0.05) is 20.8 Å². The molecule has 0 aliphatic carbocycles. The molecule has 20 heavy (non-hydrogen) atoms. The lowest BCUT2D eigenvalue weighted by Gasteiger charge is -2.52. The number of rotatable bonds is 4. The van der Waals surface area contributed by atoms with Crippen LogP contribution in [-0.4, -0.2) is 27.3 Å². The van der Waals surface area contributed by atoms with Crippen LogP contribution in [0.5, 0.6) is 0 Å². The van der Waals surface area contributed by atoms with E-state index in [0.717, 1.165) is 19.3 Å². The predicted octanol–water partition coefficient (Wildman–Crippen LogP) is 3.74.